The molecule has 2 aliphatic heterocycles. The topological polar surface area (TPSA) is 67.8 Å². The third kappa shape index (κ3) is 2.93. The smallest absolute Gasteiger partial charge is 0.241 e. The van der Waals surface area contributed by atoms with Crippen molar-refractivity contribution in [3.05, 3.63) is 99.5 Å². The molecule has 2 N–H and O–H groups in total. The van der Waals surface area contributed by atoms with Crippen molar-refractivity contribution in [3.63, 3.8) is 0 Å². The monoisotopic (exact) mass is 455 g/mol. The molecule has 3 aromatic carbocycles. The molecule has 0 radical (unpaired) electrons. The van der Waals surface area contributed by atoms with Crippen LogP contribution < -0.4 is 5.32 Å². The number of amides is 1. The Labute approximate surface area is 189 Å². The number of nitrogens with one attached hydrogen (secondary N) is 1. The number of aliphatic hydroxyl groups is 1. The van der Waals surface area contributed by atoms with E-state index < -0.39 is 16.8 Å². The number of carbonyl (C=O) groups excluding carboxylic acids is 1. The quantitative estimate of drug-likeness (QED) is 0.508. The standard InChI is InChI=1S/C24H19Cl2NO4/c1-22-14-23(15-6-10-17(25)11-7-15,16-8-12-18(26)13-9-16)30-31-24(22,29)19-4-2-3-5-20(19)27-21(22)28/h2-13,29H,14H2,1H3,(H,27,28). The molecule has 2 aliphatic rings. The van der Waals surface area contributed by atoms with Gasteiger partial charge in [0.25, 0.3) is 0 Å². The first-order valence-electron chi connectivity index (χ1n) is 9.81. The molecule has 7 heteroatoms. The van der Waals surface area contributed by atoms with Gasteiger partial charge in [-0.3, -0.25) is 4.79 Å². The molecular weight excluding hydrogens is 437 g/mol. The van der Waals surface area contributed by atoms with E-state index in [1.807, 2.05) is 24.3 Å². The number of carbonyl (C=O) groups is 1. The third-order valence-corrected chi connectivity index (χ3v) is 6.82. The number of benzene rings is 3. The van der Waals surface area contributed by atoms with E-state index in [4.69, 9.17) is 33.0 Å². The van der Waals surface area contributed by atoms with Gasteiger partial charge in [0.1, 0.15) is 5.41 Å². The number of halogens is 2. The van der Waals surface area contributed by atoms with E-state index >= 15 is 0 Å². The molecule has 1 fully saturated rings. The Hall–Kier alpha value is -2.41. The summed E-state index contributed by atoms with van der Waals surface area (Å²) in [6, 6.07) is 21.3. The molecule has 0 aromatic heterocycles. The van der Waals surface area contributed by atoms with Gasteiger partial charge in [0.05, 0.1) is 0 Å². The van der Waals surface area contributed by atoms with Gasteiger partial charge in [0, 0.05) is 27.7 Å². The lowest BCUT2D eigenvalue weighted by Gasteiger charge is -2.54. The van der Waals surface area contributed by atoms with Gasteiger partial charge in [0.15, 0.2) is 5.60 Å². The summed E-state index contributed by atoms with van der Waals surface area (Å²) < 4.78 is 0. The molecule has 0 saturated carbocycles. The predicted molar refractivity (Wildman–Crippen MR) is 118 cm³/mol. The summed E-state index contributed by atoms with van der Waals surface area (Å²) in [5.41, 5.74) is -0.152. The Balaban J connectivity index is 1.70. The van der Waals surface area contributed by atoms with E-state index in [0.29, 0.717) is 21.3 Å². The number of hydrogen-bond donors (Lipinski definition) is 2. The van der Waals surface area contributed by atoms with Crippen LogP contribution in [0.1, 0.15) is 30.0 Å². The van der Waals surface area contributed by atoms with Gasteiger partial charge < -0.3 is 10.4 Å². The highest BCUT2D eigenvalue weighted by molar-refractivity contribution is 6.30. The number of para-hydroxylation sites is 1. The summed E-state index contributed by atoms with van der Waals surface area (Å²) in [6.45, 7) is 1.68. The summed E-state index contributed by atoms with van der Waals surface area (Å²) in [5.74, 6) is -2.32. The summed E-state index contributed by atoms with van der Waals surface area (Å²) in [6.07, 6.45) is 0.111. The Bertz CT molecular complexity index is 1120. The molecule has 31 heavy (non-hydrogen) atoms. The minimum Gasteiger partial charge on any atom is -0.359 e. The average Bonchev–Trinajstić information content (AvgIpc) is 2.76. The van der Waals surface area contributed by atoms with Crippen molar-refractivity contribution in [2.75, 3.05) is 5.32 Å². The van der Waals surface area contributed by atoms with Crippen molar-refractivity contribution in [3.8, 4) is 0 Å². The fraction of sp³-hybridized carbons (Fsp3) is 0.208. The summed E-state index contributed by atoms with van der Waals surface area (Å²) in [7, 11) is 0. The third-order valence-electron chi connectivity index (χ3n) is 6.32. The normalized spacial score (nSPS) is 26.5. The molecule has 5 nitrogen and oxygen atoms in total. The largest absolute Gasteiger partial charge is 0.359 e. The average molecular weight is 456 g/mol. The minimum absolute atomic E-state index is 0.111. The van der Waals surface area contributed by atoms with E-state index in [9.17, 15) is 9.90 Å². The Kier molecular flexibility index (Phi) is 4.66. The van der Waals surface area contributed by atoms with Crippen molar-refractivity contribution >= 4 is 34.8 Å². The molecule has 0 bridgehead atoms. The van der Waals surface area contributed by atoms with Crippen LogP contribution >= 0.6 is 23.2 Å². The first-order chi connectivity index (χ1) is 14.8. The van der Waals surface area contributed by atoms with Gasteiger partial charge >= 0.3 is 0 Å². The SMILES string of the molecule is CC12CC(c3ccc(Cl)cc3)(c3ccc(Cl)cc3)OOC1(O)c1ccccc1NC2=O. The van der Waals surface area contributed by atoms with E-state index in [1.54, 1.807) is 55.5 Å². The molecular formula is C24H19Cl2NO4. The molecule has 1 amide bonds. The van der Waals surface area contributed by atoms with Gasteiger partial charge in [-0.2, -0.15) is 4.89 Å². The highest BCUT2D eigenvalue weighted by atomic mass is 35.5. The highest BCUT2D eigenvalue weighted by Gasteiger charge is 2.66. The molecule has 0 aliphatic carbocycles. The lowest BCUT2D eigenvalue weighted by molar-refractivity contribution is -0.516. The number of hydrogen-bond acceptors (Lipinski definition) is 4. The second-order valence-electron chi connectivity index (χ2n) is 8.16. The maximum atomic E-state index is 13.3. The molecule has 0 spiro atoms. The molecule has 3 aromatic rings. The van der Waals surface area contributed by atoms with Crippen molar-refractivity contribution in [2.24, 2.45) is 5.41 Å². The zero-order chi connectivity index (χ0) is 21.9. The zero-order valence-corrected chi connectivity index (χ0v) is 18.1. The van der Waals surface area contributed by atoms with E-state index in [0.717, 1.165) is 11.1 Å². The lowest BCUT2D eigenvalue weighted by Crippen LogP contribution is -2.63. The van der Waals surface area contributed by atoms with Crippen LogP contribution in [0.25, 0.3) is 0 Å². The summed E-state index contributed by atoms with van der Waals surface area (Å²) >= 11 is 12.2. The van der Waals surface area contributed by atoms with Crippen LogP contribution in [0.2, 0.25) is 10.0 Å². The molecule has 5 rings (SSSR count). The van der Waals surface area contributed by atoms with E-state index in [1.165, 1.54) is 0 Å². The van der Waals surface area contributed by atoms with Crippen molar-refractivity contribution in [1.29, 1.82) is 0 Å². The van der Waals surface area contributed by atoms with E-state index in [2.05, 4.69) is 5.32 Å². The van der Waals surface area contributed by atoms with Crippen molar-refractivity contribution < 1.29 is 19.7 Å². The molecule has 2 heterocycles. The first kappa shape index (κ1) is 20.5. The van der Waals surface area contributed by atoms with Crippen LogP contribution in [0.4, 0.5) is 5.69 Å². The van der Waals surface area contributed by atoms with Gasteiger partial charge in [-0.15, -0.1) is 0 Å². The highest BCUT2D eigenvalue weighted by Crippen LogP contribution is 2.59. The van der Waals surface area contributed by atoms with Gasteiger partial charge in [-0.05, 0) is 48.4 Å². The van der Waals surface area contributed by atoms with Gasteiger partial charge in [0.2, 0.25) is 11.7 Å². The summed E-state index contributed by atoms with van der Waals surface area (Å²) in [5, 5.41) is 15.7. The number of anilines is 1. The Morgan fingerprint density at radius 1 is 0.871 bits per heavy atom. The van der Waals surface area contributed by atoms with Gasteiger partial charge in [-0.1, -0.05) is 65.7 Å². The molecule has 2 unspecified atom stereocenters. The van der Waals surface area contributed by atoms with Crippen LogP contribution in [0.15, 0.2) is 72.8 Å². The number of rotatable bonds is 2. The minimum atomic E-state index is -1.96. The summed E-state index contributed by atoms with van der Waals surface area (Å²) in [4.78, 5) is 25.2. The molecule has 158 valence electrons. The first-order valence-corrected chi connectivity index (χ1v) is 10.6. The maximum absolute atomic E-state index is 13.3. The van der Waals surface area contributed by atoms with Gasteiger partial charge in [-0.25, -0.2) is 4.89 Å². The number of fused-ring (bicyclic) bond motifs is 3. The van der Waals surface area contributed by atoms with Crippen LogP contribution in [0, 0.1) is 5.41 Å². The molecule has 1 saturated heterocycles. The van der Waals surface area contributed by atoms with Crippen LogP contribution in [-0.2, 0) is 26.0 Å². The van der Waals surface area contributed by atoms with Crippen molar-refractivity contribution in [1.82, 2.24) is 0 Å². The predicted octanol–water partition coefficient (Wildman–Crippen LogP) is 5.39. The van der Waals surface area contributed by atoms with Crippen LogP contribution in [0.3, 0.4) is 0 Å². The fourth-order valence-electron chi connectivity index (χ4n) is 4.50. The second-order valence-corrected chi connectivity index (χ2v) is 9.03. The Morgan fingerprint density at radius 2 is 1.42 bits per heavy atom. The fourth-order valence-corrected chi connectivity index (χ4v) is 4.75. The van der Waals surface area contributed by atoms with Crippen LogP contribution in [-0.4, -0.2) is 11.0 Å². The zero-order valence-electron chi connectivity index (χ0n) is 16.6. The Morgan fingerprint density at radius 3 is 2.00 bits per heavy atom. The molecule has 2 atom stereocenters. The lowest BCUT2D eigenvalue weighted by atomic mass is 9.64. The van der Waals surface area contributed by atoms with Crippen LogP contribution in [0.5, 0.6) is 0 Å². The van der Waals surface area contributed by atoms with Crippen molar-refractivity contribution in [2.45, 2.75) is 24.7 Å². The second kappa shape index (κ2) is 7.05. The van der Waals surface area contributed by atoms with E-state index in [-0.39, 0.29) is 12.3 Å². The maximum Gasteiger partial charge on any atom is 0.241 e.